The van der Waals surface area contributed by atoms with E-state index in [0.29, 0.717) is 0 Å². The van der Waals surface area contributed by atoms with Crippen LogP contribution in [0.2, 0.25) is 0 Å². The second-order valence-electron chi connectivity index (χ2n) is 3.61. The second-order valence-corrected chi connectivity index (χ2v) is 5.53. The van der Waals surface area contributed by atoms with Crippen molar-refractivity contribution in [3.05, 3.63) is 24.3 Å². The number of halogens is 2. The first-order chi connectivity index (χ1) is 8.25. The van der Waals surface area contributed by atoms with E-state index >= 15 is 0 Å². The minimum absolute atomic E-state index is 0.283. The first-order valence-corrected chi connectivity index (χ1v) is 6.48. The Hall–Kier alpha value is -1.54. The average Bonchev–Trinajstić information content (AvgIpc) is 2.29. The Morgan fingerprint density at radius 1 is 1.28 bits per heavy atom. The average molecular weight is 278 g/mol. The van der Waals surface area contributed by atoms with Crippen LogP contribution in [0.3, 0.4) is 0 Å². The van der Waals surface area contributed by atoms with Crippen LogP contribution in [0.25, 0.3) is 0 Å². The van der Waals surface area contributed by atoms with E-state index < -0.39 is 32.4 Å². The molecule has 1 aromatic carbocycles. The molecule has 0 aliphatic rings. The number of alkyl halides is 2. The maximum atomic E-state index is 12.2. The van der Waals surface area contributed by atoms with Crippen LogP contribution in [0.15, 0.2) is 29.2 Å². The van der Waals surface area contributed by atoms with Crippen LogP contribution >= 0.6 is 0 Å². The van der Waals surface area contributed by atoms with Crippen molar-refractivity contribution in [2.45, 2.75) is 23.6 Å². The Labute approximate surface area is 103 Å². The molecule has 0 bridgehead atoms. The molecule has 8 heteroatoms. The van der Waals surface area contributed by atoms with Gasteiger partial charge in [-0.2, -0.15) is 8.78 Å². The maximum absolute atomic E-state index is 12.2. The first-order valence-electron chi connectivity index (χ1n) is 4.93. The number of benzene rings is 1. The number of amides is 1. The van der Waals surface area contributed by atoms with Crippen LogP contribution in [0.1, 0.15) is 6.92 Å². The fraction of sp³-hybridized carbons (Fsp3) is 0.300. The van der Waals surface area contributed by atoms with Gasteiger partial charge in [-0.15, -0.1) is 0 Å². The summed E-state index contributed by atoms with van der Waals surface area (Å²) in [5.41, 5.74) is 5.60. The van der Waals surface area contributed by atoms with Gasteiger partial charge >= 0.3 is 5.76 Å². The molecule has 0 radical (unpaired) electrons. The predicted molar refractivity (Wildman–Crippen MR) is 61.9 cm³/mol. The van der Waals surface area contributed by atoms with E-state index in [1.165, 1.54) is 19.1 Å². The SMILES string of the molecule is C[C@@H](N)C(=O)Nc1ccc(S(=O)(=O)C(F)F)cc1. The fourth-order valence-corrected chi connectivity index (χ4v) is 1.81. The third-order valence-corrected chi connectivity index (χ3v) is 3.50. The molecule has 3 N–H and O–H groups in total. The van der Waals surface area contributed by atoms with Gasteiger partial charge in [0, 0.05) is 5.69 Å². The van der Waals surface area contributed by atoms with Crippen molar-refractivity contribution in [3.63, 3.8) is 0 Å². The Morgan fingerprint density at radius 2 is 1.78 bits per heavy atom. The quantitative estimate of drug-likeness (QED) is 0.858. The van der Waals surface area contributed by atoms with E-state index in [9.17, 15) is 22.0 Å². The van der Waals surface area contributed by atoms with Crippen molar-refractivity contribution in [3.8, 4) is 0 Å². The molecule has 5 nitrogen and oxygen atoms in total. The standard InChI is InChI=1S/C10H12F2N2O3S/c1-6(13)9(15)14-7-2-4-8(5-3-7)18(16,17)10(11)12/h2-6,10H,13H2,1H3,(H,14,15)/t6-/m1/s1. The molecule has 0 saturated heterocycles. The summed E-state index contributed by atoms with van der Waals surface area (Å²) in [6, 6.07) is 3.70. The Morgan fingerprint density at radius 3 is 2.17 bits per heavy atom. The summed E-state index contributed by atoms with van der Waals surface area (Å²) in [7, 11) is -4.61. The lowest BCUT2D eigenvalue weighted by Gasteiger charge is -2.08. The third-order valence-electron chi connectivity index (χ3n) is 2.10. The Bertz CT molecular complexity index is 527. The largest absolute Gasteiger partial charge is 0.341 e. The molecule has 1 aromatic rings. The van der Waals surface area contributed by atoms with Crippen molar-refractivity contribution in [2.24, 2.45) is 5.73 Å². The molecule has 1 atom stereocenters. The highest BCUT2D eigenvalue weighted by atomic mass is 32.2. The molecular formula is C10H12F2N2O3S. The van der Waals surface area contributed by atoms with Gasteiger partial charge in [0.15, 0.2) is 0 Å². The highest BCUT2D eigenvalue weighted by Gasteiger charge is 2.26. The van der Waals surface area contributed by atoms with Crippen molar-refractivity contribution in [1.82, 2.24) is 0 Å². The minimum Gasteiger partial charge on any atom is -0.325 e. The molecule has 0 unspecified atom stereocenters. The normalized spacial score (nSPS) is 13.4. The van der Waals surface area contributed by atoms with Crippen LogP contribution in [0.4, 0.5) is 14.5 Å². The van der Waals surface area contributed by atoms with Gasteiger partial charge in [0.05, 0.1) is 10.9 Å². The third kappa shape index (κ3) is 3.23. The van der Waals surface area contributed by atoms with Gasteiger partial charge in [-0.05, 0) is 31.2 Å². The number of carbonyl (C=O) groups excluding carboxylic acids is 1. The van der Waals surface area contributed by atoms with Crippen LogP contribution < -0.4 is 11.1 Å². The van der Waals surface area contributed by atoms with Crippen molar-refractivity contribution in [2.75, 3.05) is 5.32 Å². The lowest BCUT2D eigenvalue weighted by molar-refractivity contribution is -0.117. The highest BCUT2D eigenvalue weighted by Crippen LogP contribution is 2.20. The van der Waals surface area contributed by atoms with E-state index in [2.05, 4.69) is 5.32 Å². The van der Waals surface area contributed by atoms with Gasteiger partial charge < -0.3 is 11.1 Å². The molecule has 1 rings (SSSR count). The number of rotatable bonds is 4. The number of sulfone groups is 1. The number of nitrogens with two attached hydrogens (primary N) is 1. The Balaban J connectivity index is 2.91. The summed E-state index contributed by atoms with van der Waals surface area (Å²) in [4.78, 5) is 10.7. The van der Waals surface area contributed by atoms with Gasteiger partial charge in [-0.3, -0.25) is 4.79 Å². The molecular weight excluding hydrogens is 266 g/mol. The summed E-state index contributed by atoms with van der Waals surface area (Å²) in [5.74, 6) is -3.93. The number of hydrogen-bond donors (Lipinski definition) is 2. The lowest BCUT2D eigenvalue weighted by Crippen LogP contribution is -2.32. The van der Waals surface area contributed by atoms with Gasteiger partial charge in [0.1, 0.15) is 0 Å². The molecule has 0 aromatic heterocycles. The van der Waals surface area contributed by atoms with Crippen molar-refractivity contribution < 1.29 is 22.0 Å². The highest BCUT2D eigenvalue weighted by molar-refractivity contribution is 7.91. The summed E-state index contributed by atoms with van der Waals surface area (Å²) in [6.07, 6.45) is 0. The van der Waals surface area contributed by atoms with Crippen LogP contribution in [0, 0.1) is 0 Å². The fourth-order valence-electron chi connectivity index (χ4n) is 1.09. The maximum Gasteiger partial charge on any atom is 0.341 e. The number of carbonyl (C=O) groups is 1. The molecule has 100 valence electrons. The summed E-state index contributed by atoms with van der Waals surface area (Å²) >= 11 is 0. The van der Waals surface area contributed by atoms with Gasteiger partial charge in [0.2, 0.25) is 15.7 Å². The second kappa shape index (κ2) is 5.40. The topological polar surface area (TPSA) is 89.3 Å². The number of anilines is 1. The van der Waals surface area contributed by atoms with Gasteiger partial charge in [-0.1, -0.05) is 0 Å². The van der Waals surface area contributed by atoms with Crippen molar-refractivity contribution in [1.29, 1.82) is 0 Å². The van der Waals surface area contributed by atoms with Gasteiger partial charge in [-0.25, -0.2) is 8.42 Å². The zero-order chi connectivity index (χ0) is 13.9. The van der Waals surface area contributed by atoms with Crippen LogP contribution in [-0.2, 0) is 14.6 Å². The molecule has 0 aliphatic heterocycles. The zero-order valence-electron chi connectivity index (χ0n) is 9.43. The van der Waals surface area contributed by atoms with Crippen molar-refractivity contribution >= 4 is 21.4 Å². The van der Waals surface area contributed by atoms with E-state index in [1.54, 1.807) is 0 Å². The zero-order valence-corrected chi connectivity index (χ0v) is 10.2. The molecule has 0 aliphatic carbocycles. The van der Waals surface area contributed by atoms with Crippen LogP contribution in [-0.4, -0.2) is 26.1 Å². The first kappa shape index (κ1) is 14.5. The van der Waals surface area contributed by atoms with E-state index in [-0.39, 0.29) is 5.69 Å². The predicted octanol–water partition coefficient (Wildman–Crippen LogP) is 0.969. The van der Waals surface area contributed by atoms with Crippen LogP contribution in [0.5, 0.6) is 0 Å². The summed E-state index contributed by atoms with van der Waals surface area (Å²) in [6.45, 7) is 1.48. The van der Waals surface area contributed by atoms with E-state index in [0.717, 1.165) is 12.1 Å². The molecule has 0 saturated carbocycles. The smallest absolute Gasteiger partial charge is 0.325 e. The number of nitrogens with one attached hydrogen (secondary N) is 1. The monoisotopic (exact) mass is 278 g/mol. The molecule has 0 heterocycles. The van der Waals surface area contributed by atoms with Gasteiger partial charge in [0.25, 0.3) is 0 Å². The lowest BCUT2D eigenvalue weighted by atomic mass is 10.3. The summed E-state index contributed by atoms with van der Waals surface area (Å²) in [5, 5.41) is 2.40. The summed E-state index contributed by atoms with van der Waals surface area (Å²) < 4.78 is 46.7. The van der Waals surface area contributed by atoms with E-state index in [4.69, 9.17) is 5.73 Å². The molecule has 0 fully saturated rings. The number of hydrogen-bond acceptors (Lipinski definition) is 4. The van der Waals surface area contributed by atoms with E-state index in [1.807, 2.05) is 0 Å². The minimum atomic E-state index is -4.61. The molecule has 18 heavy (non-hydrogen) atoms. The molecule has 0 spiro atoms. The molecule has 1 amide bonds. The Kier molecular flexibility index (Phi) is 4.36.